The third-order valence-electron chi connectivity index (χ3n) is 4.26. The summed E-state index contributed by atoms with van der Waals surface area (Å²) in [4.78, 5) is 21.7. The quantitative estimate of drug-likeness (QED) is 0.873. The number of aromatic nitrogens is 2. The second kappa shape index (κ2) is 4.65. The second-order valence-electron chi connectivity index (χ2n) is 5.94. The molecule has 0 amide bonds. The summed E-state index contributed by atoms with van der Waals surface area (Å²) >= 11 is 0. The molecule has 4 heteroatoms. The van der Waals surface area contributed by atoms with E-state index >= 15 is 0 Å². The first-order valence-corrected chi connectivity index (χ1v) is 7.09. The summed E-state index contributed by atoms with van der Waals surface area (Å²) in [6, 6.07) is 6.86. The summed E-state index contributed by atoms with van der Waals surface area (Å²) in [5.41, 5.74) is 2.65. The first kappa shape index (κ1) is 13.7. The lowest BCUT2D eigenvalue weighted by molar-refractivity contribution is 0.0871. The van der Waals surface area contributed by atoms with Crippen molar-refractivity contribution in [2.24, 2.45) is 0 Å². The van der Waals surface area contributed by atoms with Crippen LogP contribution >= 0.6 is 0 Å². The number of Topliss-reactive ketones (excluding diaryl/α,β-unsaturated/α-hetero) is 1. The first-order chi connectivity index (χ1) is 9.90. The lowest BCUT2D eigenvalue weighted by Crippen LogP contribution is -2.38. The van der Waals surface area contributed by atoms with Gasteiger partial charge in [-0.2, -0.15) is 0 Å². The van der Waals surface area contributed by atoms with Gasteiger partial charge >= 0.3 is 0 Å². The number of hydrogen-bond acceptors (Lipinski definition) is 4. The van der Waals surface area contributed by atoms with Gasteiger partial charge in [0.05, 0.1) is 11.1 Å². The summed E-state index contributed by atoms with van der Waals surface area (Å²) in [7, 11) is 0. The summed E-state index contributed by atoms with van der Waals surface area (Å²) < 4.78 is 0. The van der Waals surface area contributed by atoms with Crippen molar-refractivity contribution in [1.29, 1.82) is 0 Å². The van der Waals surface area contributed by atoms with E-state index in [-0.39, 0.29) is 11.5 Å². The number of rotatable bonds is 1. The average Bonchev–Trinajstić information content (AvgIpc) is 2.42. The summed E-state index contributed by atoms with van der Waals surface area (Å²) in [5, 5.41) is 9.56. The highest BCUT2D eigenvalue weighted by atomic mass is 16.3. The van der Waals surface area contributed by atoms with E-state index in [0.717, 1.165) is 23.4 Å². The summed E-state index contributed by atoms with van der Waals surface area (Å²) in [5.74, 6) is 0.968. The molecule has 3 rings (SSSR count). The Morgan fingerprint density at radius 3 is 2.67 bits per heavy atom. The van der Waals surface area contributed by atoms with Crippen molar-refractivity contribution in [1.82, 2.24) is 9.97 Å². The molecule has 0 fully saturated rings. The predicted molar refractivity (Wildman–Crippen MR) is 79.6 cm³/mol. The van der Waals surface area contributed by atoms with Gasteiger partial charge in [0.2, 0.25) is 0 Å². The van der Waals surface area contributed by atoms with Gasteiger partial charge in [-0.3, -0.25) is 4.79 Å². The minimum atomic E-state index is -0.623. The highest BCUT2D eigenvalue weighted by Crippen LogP contribution is 2.38. The molecule has 0 spiro atoms. The number of phenols is 1. The molecule has 0 saturated heterocycles. The molecule has 0 radical (unpaired) electrons. The van der Waals surface area contributed by atoms with E-state index in [4.69, 9.17) is 0 Å². The van der Waals surface area contributed by atoms with E-state index in [2.05, 4.69) is 9.97 Å². The molecular weight excluding hydrogens is 264 g/mol. The van der Waals surface area contributed by atoms with Crippen LogP contribution in [0.4, 0.5) is 0 Å². The molecule has 1 aliphatic rings. The Hall–Kier alpha value is -2.23. The van der Waals surface area contributed by atoms with Crippen LogP contribution in [0.2, 0.25) is 0 Å². The van der Waals surface area contributed by atoms with Crippen molar-refractivity contribution in [3.05, 3.63) is 52.6 Å². The standard InChI is InChI=1S/C17H18N2O2/c1-10-8-15(19-11(2)18-10)17(3)7-6-12-9-13(20)4-5-14(12)16(17)21/h4-5,8-9,20H,6-7H2,1-3H3. The number of benzene rings is 1. The van der Waals surface area contributed by atoms with Gasteiger partial charge in [0.15, 0.2) is 5.78 Å². The molecule has 1 aromatic heterocycles. The molecule has 1 aromatic carbocycles. The van der Waals surface area contributed by atoms with Crippen molar-refractivity contribution in [3.63, 3.8) is 0 Å². The molecule has 0 saturated carbocycles. The Kier molecular flexibility index (Phi) is 3.04. The van der Waals surface area contributed by atoms with Gasteiger partial charge in [-0.1, -0.05) is 0 Å². The highest BCUT2D eigenvalue weighted by Gasteiger charge is 2.41. The topological polar surface area (TPSA) is 63.1 Å². The number of aromatic hydroxyl groups is 1. The number of ketones is 1. The van der Waals surface area contributed by atoms with Gasteiger partial charge in [0.25, 0.3) is 0 Å². The molecule has 0 aliphatic heterocycles. The van der Waals surface area contributed by atoms with Crippen molar-refractivity contribution in [2.45, 2.75) is 39.0 Å². The number of nitrogens with zero attached hydrogens (tertiary/aromatic N) is 2. The second-order valence-corrected chi connectivity index (χ2v) is 5.94. The van der Waals surface area contributed by atoms with Crippen LogP contribution in [0.1, 0.15) is 46.5 Å². The maximum Gasteiger partial charge on any atom is 0.174 e. The number of aryl methyl sites for hydroxylation is 3. The fraction of sp³-hybridized carbons (Fsp3) is 0.353. The van der Waals surface area contributed by atoms with Crippen LogP contribution in [0.25, 0.3) is 0 Å². The molecule has 1 atom stereocenters. The van der Waals surface area contributed by atoms with E-state index in [1.165, 1.54) is 0 Å². The molecular formula is C17H18N2O2. The van der Waals surface area contributed by atoms with Crippen LogP contribution in [-0.4, -0.2) is 20.9 Å². The number of hydrogen-bond donors (Lipinski definition) is 1. The SMILES string of the molecule is Cc1cc(C2(C)CCc3cc(O)ccc3C2=O)nc(C)n1. The number of carbonyl (C=O) groups excluding carboxylic acids is 1. The first-order valence-electron chi connectivity index (χ1n) is 7.09. The van der Waals surface area contributed by atoms with E-state index in [1.807, 2.05) is 26.8 Å². The van der Waals surface area contributed by atoms with Crippen LogP contribution < -0.4 is 0 Å². The molecule has 108 valence electrons. The maximum absolute atomic E-state index is 12.9. The zero-order chi connectivity index (χ0) is 15.2. The number of carbonyl (C=O) groups is 1. The predicted octanol–water partition coefficient (Wildman–Crippen LogP) is 2.89. The van der Waals surface area contributed by atoms with Gasteiger partial charge in [-0.05, 0) is 63.4 Å². The van der Waals surface area contributed by atoms with Crippen molar-refractivity contribution >= 4 is 5.78 Å². The number of phenolic OH excluding ortho intramolecular Hbond substituents is 1. The number of fused-ring (bicyclic) bond motifs is 1. The van der Waals surface area contributed by atoms with Gasteiger partial charge in [0.1, 0.15) is 11.6 Å². The van der Waals surface area contributed by atoms with Crippen molar-refractivity contribution in [2.75, 3.05) is 0 Å². The zero-order valence-corrected chi connectivity index (χ0v) is 12.5. The lowest BCUT2D eigenvalue weighted by Gasteiger charge is -2.33. The molecule has 0 bridgehead atoms. The van der Waals surface area contributed by atoms with Crippen LogP contribution in [0.15, 0.2) is 24.3 Å². The zero-order valence-electron chi connectivity index (χ0n) is 12.5. The molecule has 1 N–H and O–H groups in total. The van der Waals surface area contributed by atoms with Crippen molar-refractivity contribution in [3.8, 4) is 5.75 Å². The summed E-state index contributed by atoms with van der Waals surface area (Å²) in [6.07, 6.45) is 1.45. The maximum atomic E-state index is 12.9. The molecule has 1 unspecified atom stereocenters. The monoisotopic (exact) mass is 282 g/mol. The summed E-state index contributed by atoms with van der Waals surface area (Å²) in [6.45, 7) is 5.71. The van der Waals surface area contributed by atoms with Gasteiger partial charge in [-0.15, -0.1) is 0 Å². The lowest BCUT2D eigenvalue weighted by atomic mass is 9.69. The van der Waals surface area contributed by atoms with Crippen LogP contribution in [0.5, 0.6) is 5.75 Å². The Bertz CT molecular complexity index is 719. The molecule has 2 aromatic rings. The Balaban J connectivity index is 2.11. The van der Waals surface area contributed by atoms with Crippen LogP contribution in [0, 0.1) is 13.8 Å². The Morgan fingerprint density at radius 2 is 1.95 bits per heavy atom. The third kappa shape index (κ3) is 2.20. The average molecular weight is 282 g/mol. The minimum Gasteiger partial charge on any atom is -0.508 e. The minimum absolute atomic E-state index is 0.0706. The van der Waals surface area contributed by atoms with Crippen LogP contribution in [0.3, 0.4) is 0 Å². The van der Waals surface area contributed by atoms with Crippen LogP contribution in [-0.2, 0) is 11.8 Å². The Labute approximate surface area is 123 Å². The van der Waals surface area contributed by atoms with Gasteiger partial charge < -0.3 is 5.11 Å². The molecule has 1 heterocycles. The van der Waals surface area contributed by atoms with Crippen molar-refractivity contribution < 1.29 is 9.90 Å². The van der Waals surface area contributed by atoms with E-state index < -0.39 is 5.41 Å². The van der Waals surface area contributed by atoms with Gasteiger partial charge in [0, 0.05) is 11.3 Å². The molecule has 1 aliphatic carbocycles. The highest BCUT2D eigenvalue weighted by molar-refractivity contribution is 6.05. The van der Waals surface area contributed by atoms with Gasteiger partial charge in [-0.25, -0.2) is 9.97 Å². The van der Waals surface area contributed by atoms with E-state index in [1.54, 1.807) is 18.2 Å². The normalized spacial score (nSPS) is 21.2. The fourth-order valence-corrected chi connectivity index (χ4v) is 3.05. The van der Waals surface area contributed by atoms with E-state index in [9.17, 15) is 9.90 Å². The van der Waals surface area contributed by atoms with E-state index in [0.29, 0.717) is 17.8 Å². The fourth-order valence-electron chi connectivity index (χ4n) is 3.05. The third-order valence-corrected chi connectivity index (χ3v) is 4.26. The largest absolute Gasteiger partial charge is 0.508 e. The molecule has 21 heavy (non-hydrogen) atoms. The Morgan fingerprint density at radius 1 is 1.19 bits per heavy atom. The molecule has 4 nitrogen and oxygen atoms in total. The smallest absolute Gasteiger partial charge is 0.174 e.